The molecule has 0 radical (unpaired) electrons. The van der Waals surface area contributed by atoms with E-state index in [0.717, 1.165) is 0 Å². The number of hydrogen-bond donors (Lipinski definition) is 3. The highest BCUT2D eigenvalue weighted by Crippen LogP contribution is 2.22. The van der Waals surface area contributed by atoms with Crippen molar-refractivity contribution in [2.75, 3.05) is 30.4 Å². The van der Waals surface area contributed by atoms with Crippen molar-refractivity contribution in [1.29, 1.82) is 0 Å². The zero-order valence-corrected chi connectivity index (χ0v) is 10.4. The molecule has 1 rings (SSSR count). The summed E-state index contributed by atoms with van der Waals surface area (Å²) in [6, 6.07) is 4.99. The molecule has 0 spiro atoms. The van der Waals surface area contributed by atoms with Gasteiger partial charge in [-0.15, -0.1) is 0 Å². The van der Waals surface area contributed by atoms with Crippen LogP contribution in [0.25, 0.3) is 0 Å². The molecule has 5 nitrogen and oxygen atoms in total. The smallest absolute Gasteiger partial charge is 0.213 e. The van der Waals surface area contributed by atoms with Crippen LogP contribution in [0.1, 0.15) is 0 Å². The Balaban J connectivity index is 2.59. The quantitative estimate of drug-likeness (QED) is 0.689. The second-order valence-electron chi connectivity index (χ2n) is 3.18. The Morgan fingerprint density at radius 2 is 2.12 bits per heavy atom. The highest BCUT2D eigenvalue weighted by Gasteiger charge is 2.06. The van der Waals surface area contributed by atoms with E-state index < -0.39 is 10.0 Å². The minimum Gasteiger partial charge on any atom is -0.397 e. The average Bonchev–Trinajstić information content (AvgIpc) is 2.23. The lowest BCUT2D eigenvalue weighted by Crippen LogP contribution is -2.26. The Hall–Kier alpha value is -0.980. The third-order valence-electron chi connectivity index (χ3n) is 2.01. The fraction of sp³-hybridized carbons (Fsp3) is 0.333. The Kier molecular flexibility index (Phi) is 4.40. The highest BCUT2D eigenvalue weighted by molar-refractivity contribution is 7.89. The molecule has 0 saturated carbocycles. The zero-order chi connectivity index (χ0) is 12.2. The minimum absolute atomic E-state index is 0.0184. The predicted molar refractivity (Wildman–Crippen MR) is 67.2 cm³/mol. The molecule has 0 bridgehead atoms. The van der Waals surface area contributed by atoms with Crippen molar-refractivity contribution < 1.29 is 8.42 Å². The van der Waals surface area contributed by atoms with Crippen molar-refractivity contribution >= 4 is 33.0 Å². The number of anilines is 2. The molecule has 0 aliphatic heterocycles. The van der Waals surface area contributed by atoms with Gasteiger partial charge in [-0.25, -0.2) is 13.1 Å². The fourth-order valence-electron chi connectivity index (χ4n) is 1.10. The van der Waals surface area contributed by atoms with E-state index in [4.69, 9.17) is 17.3 Å². The molecule has 1 aromatic carbocycles. The first-order valence-corrected chi connectivity index (χ1v) is 6.68. The average molecular weight is 264 g/mol. The lowest BCUT2D eigenvalue weighted by atomic mass is 10.3. The van der Waals surface area contributed by atoms with Gasteiger partial charge in [-0.3, -0.25) is 0 Å². The first-order chi connectivity index (χ1) is 7.44. The number of nitrogens with two attached hydrogens (primary N) is 1. The largest absolute Gasteiger partial charge is 0.397 e. The van der Waals surface area contributed by atoms with E-state index in [2.05, 4.69) is 10.0 Å². The molecule has 4 N–H and O–H groups in total. The number of hydrogen-bond acceptors (Lipinski definition) is 4. The third-order valence-corrected chi connectivity index (χ3v) is 3.61. The molecule has 7 heteroatoms. The van der Waals surface area contributed by atoms with E-state index in [9.17, 15) is 8.42 Å². The van der Waals surface area contributed by atoms with Crippen molar-refractivity contribution in [3.8, 4) is 0 Å². The second-order valence-corrected chi connectivity index (χ2v) is 5.66. The first kappa shape index (κ1) is 13.1. The summed E-state index contributed by atoms with van der Waals surface area (Å²) in [6.07, 6.45) is 0. The summed E-state index contributed by atoms with van der Waals surface area (Å²) in [5.41, 5.74) is 6.86. The van der Waals surface area contributed by atoms with Gasteiger partial charge in [-0.05, 0) is 25.2 Å². The molecule has 0 fully saturated rings. The van der Waals surface area contributed by atoms with Crippen LogP contribution in [-0.4, -0.2) is 27.8 Å². The van der Waals surface area contributed by atoms with E-state index in [1.54, 1.807) is 18.2 Å². The van der Waals surface area contributed by atoms with Crippen LogP contribution < -0.4 is 15.8 Å². The van der Waals surface area contributed by atoms with Gasteiger partial charge in [-0.2, -0.15) is 0 Å². The number of benzene rings is 1. The summed E-state index contributed by atoms with van der Waals surface area (Å²) < 4.78 is 24.5. The van der Waals surface area contributed by atoms with Gasteiger partial charge in [0, 0.05) is 11.6 Å². The lowest BCUT2D eigenvalue weighted by molar-refractivity contribution is 0.588. The van der Waals surface area contributed by atoms with Gasteiger partial charge >= 0.3 is 0 Å². The summed E-state index contributed by atoms with van der Waals surface area (Å²) in [5, 5.41) is 3.46. The Morgan fingerprint density at radius 3 is 2.75 bits per heavy atom. The lowest BCUT2D eigenvalue weighted by Gasteiger charge is -2.09. The molecule has 0 amide bonds. The predicted octanol–water partition coefficient (Wildman–Crippen LogP) is 0.883. The maximum absolute atomic E-state index is 11.1. The molecular formula is C9H14ClN3O2S. The van der Waals surface area contributed by atoms with Crippen molar-refractivity contribution in [3.63, 3.8) is 0 Å². The highest BCUT2D eigenvalue weighted by atomic mass is 35.5. The van der Waals surface area contributed by atoms with E-state index in [1.807, 2.05) is 0 Å². The van der Waals surface area contributed by atoms with Gasteiger partial charge in [0.25, 0.3) is 0 Å². The van der Waals surface area contributed by atoms with Gasteiger partial charge in [-0.1, -0.05) is 11.6 Å². The third kappa shape index (κ3) is 3.88. The van der Waals surface area contributed by atoms with Crippen molar-refractivity contribution in [2.24, 2.45) is 0 Å². The van der Waals surface area contributed by atoms with Crippen LogP contribution in [0.3, 0.4) is 0 Å². The number of rotatable bonds is 5. The van der Waals surface area contributed by atoms with Crippen LogP contribution in [0.2, 0.25) is 5.02 Å². The van der Waals surface area contributed by atoms with Crippen molar-refractivity contribution in [2.45, 2.75) is 0 Å². The molecular weight excluding hydrogens is 250 g/mol. The maximum Gasteiger partial charge on any atom is 0.213 e. The molecule has 0 saturated heterocycles. The summed E-state index contributed by atoms with van der Waals surface area (Å²) in [7, 11) is -1.82. The topological polar surface area (TPSA) is 84.2 Å². The Bertz CT molecular complexity index is 462. The van der Waals surface area contributed by atoms with E-state index in [-0.39, 0.29) is 12.3 Å². The maximum atomic E-state index is 11.1. The number of nitrogen functional groups attached to an aromatic ring is 1. The van der Waals surface area contributed by atoms with Gasteiger partial charge in [0.1, 0.15) is 0 Å². The van der Waals surface area contributed by atoms with Crippen LogP contribution in [0.15, 0.2) is 18.2 Å². The molecule has 16 heavy (non-hydrogen) atoms. The molecule has 0 unspecified atom stereocenters. The molecule has 0 atom stereocenters. The molecule has 0 heterocycles. The number of halogens is 1. The van der Waals surface area contributed by atoms with Crippen molar-refractivity contribution in [3.05, 3.63) is 23.2 Å². The van der Waals surface area contributed by atoms with E-state index >= 15 is 0 Å². The van der Waals surface area contributed by atoms with Gasteiger partial charge in [0.15, 0.2) is 0 Å². The summed E-state index contributed by atoms with van der Waals surface area (Å²) in [5.74, 6) is -0.0184. The van der Waals surface area contributed by atoms with Crippen LogP contribution in [-0.2, 0) is 10.0 Å². The standard InChI is InChI=1S/C9H14ClN3O2S/c1-12-16(14,15)5-4-13-9-6-7(10)2-3-8(9)11/h2-3,6,12-13H,4-5,11H2,1H3. The zero-order valence-electron chi connectivity index (χ0n) is 8.83. The van der Waals surface area contributed by atoms with Crippen LogP contribution in [0.5, 0.6) is 0 Å². The SMILES string of the molecule is CNS(=O)(=O)CCNc1cc(Cl)ccc1N. The molecule has 90 valence electrons. The van der Waals surface area contributed by atoms with Gasteiger partial charge in [0.2, 0.25) is 10.0 Å². The monoisotopic (exact) mass is 263 g/mol. The Morgan fingerprint density at radius 1 is 1.44 bits per heavy atom. The summed E-state index contributed by atoms with van der Waals surface area (Å²) >= 11 is 5.79. The minimum atomic E-state index is -3.20. The van der Waals surface area contributed by atoms with E-state index in [0.29, 0.717) is 16.4 Å². The van der Waals surface area contributed by atoms with Crippen LogP contribution in [0.4, 0.5) is 11.4 Å². The normalized spacial score (nSPS) is 11.4. The van der Waals surface area contributed by atoms with E-state index in [1.165, 1.54) is 7.05 Å². The fourth-order valence-corrected chi connectivity index (χ4v) is 1.85. The molecule has 0 aliphatic carbocycles. The van der Waals surface area contributed by atoms with Crippen LogP contribution >= 0.6 is 11.6 Å². The molecule has 0 aromatic heterocycles. The molecule has 0 aliphatic rings. The molecule has 1 aromatic rings. The number of sulfonamides is 1. The number of nitrogens with one attached hydrogen (secondary N) is 2. The van der Waals surface area contributed by atoms with Gasteiger partial charge < -0.3 is 11.1 Å². The van der Waals surface area contributed by atoms with Gasteiger partial charge in [0.05, 0.1) is 17.1 Å². The summed E-state index contributed by atoms with van der Waals surface area (Å²) in [6.45, 7) is 0.272. The second kappa shape index (κ2) is 5.38. The first-order valence-electron chi connectivity index (χ1n) is 4.65. The summed E-state index contributed by atoms with van der Waals surface area (Å²) in [4.78, 5) is 0. The van der Waals surface area contributed by atoms with Crippen molar-refractivity contribution in [1.82, 2.24) is 4.72 Å². The Labute approximate surface area is 100 Å². The van der Waals surface area contributed by atoms with Crippen LogP contribution in [0, 0.1) is 0 Å².